The molecule has 0 saturated heterocycles. The van der Waals surface area contributed by atoms with Gasteiger partial charge >= 0.3 is 5.97 Å². The zero-order valence-electron chi connectivity index (χ0n) is 14.0. The standard InChI is InChI=1S/C17H24N2O5S/c20-16(21)8-3-1-2-4-11-18-17(22)13-6-5-7-15(12-13)25(23,24)19-14-9-10-14/h5-7,12,14,19H,1-4,8-11H2,(H,18,22)(H,20,21). The summed E-state index contributed by atoms with van der Waals surface area (Å²) in [6.07, 6.45) is 4.92. The molecule has 2 rings (SSSR count). The number of sulfonamides is 1. The molecule has 8 heteroatoms. The van der Waals surface area contributed by atoms with E-state index in [1.54, 1.807) is 12.1 Å². The SMILES string of the molecule is O=C(O)CCCCCCNC(=O)c1cccc(S(=O)(=O)NC2CC2)c1. The second-order valence-electron chi connectivity index (χ2n) is 6.24. The highest BCUT2D eigenvalue weighted by atomic mass is 32.2. The van der Waals surface area contributed by atoms with E-state index in [0.29, 0.717) is 18.5 Å². The number of carboxylic acid groups (broad SMARTS) is 1. The highest BCUT2D eigenvalue weighted by Crippen LogP contribution is 2.22. The van der Waals surface area contributed by atoms with Crippen LogP contribution in [0.15, 0.2) is 29.2 Å². The van der Waals surface area contributed by atoms with E-state index < -0.39 is 16.0 Å². The molecule has 1 aromatic carbocycles. The van der Waals surface area contributed by atoms with Gasteiger partial charge in [0.2, 0.25) is 10.0 Å². The topological polar surface area (TPSA) is 113 Å². The van der Waals surface area contributed by atoms with Crippen LogP contribution in [0.1, 0.15) is 55.3 Å². The van der Waals surface area contributed by atoms with Gasteiger partial charge in [-0.1, -0.05) is 18.9 Å². The van der Waals surface area contributed by atoms with Crippen LogP contribution in [0.4, 0.5) is 0 Å². The number of hydrogen-bond donors (Lipinski definition) is 3. The van der Waals surface area contributed by atoms with Crippen molar-refractivity contribution in [1.82, 2.24) is 10.0 Å². The molecule has 0 radical (unpaired) electrons. The lowest BCUT2D eigenvalue weighted by Crippen LogP contribution is -2.27. The van der Waals surface area contributed by atoms with Gasteiger partial charge in [-0.3, -0.25) is 9.59 Å². The minimum atomic E-state index is -3.57. The Bertz CT molecular complexity index is 714. The molecule has 0 atom stereocenters. The van der Waals surface area contributed by atoms with E-state index in [1.165, 1.54) is 12.1 Å². The number of carbonyl (C=O) groups excluding carboxylic acids is 1. The van der Waals surface area contributed by atoms with Crippen molar-refractivity contribution in [2.75, 3.05) is 6.54 Å². The van der Waals surface area contributed by atoms with Crippen LogP contribution in [0.5, 0.6) is 0 Å². The molecule has 0 unspecified atom stereocenters. The van der Waals surface area contributed by atoms with E-state index >= 15 is 0 Å². The fraction of sp³-hybridized carbons (Fsp3) is 0.529. The molecule has 1 amide bonds. The fourth-order valence-electron chi connectivity index (χ4n) is 2.35. The lowest BCUT2D eigenvalue weighted by Gasteiger charge is -2.08. The Kier molecular flexibility index (Phi) is 6.95. The smallest absolute Gasteiger partial charge is 0.303 e. The van der Waals surface area contributed by atoms with Gasteiger partial charge in [0, 0.05) is 24.6 Å². The molecule has 1 aliphatic rings. The van der Waals surface area contributed by atoms with E-state index in [4.69, 9.17) is 5.11 Å². The third-order valence-electron chi connectivity index (χ3n) is 3.91. The summed E-state index contributed by atoms with van der Waals surface area (Å²) in [4.78, 5) is 22.6. The van der Waals surface area contributed by atoms with Crippen molar-refractivity contribution >= 4 is 21.9 Å². The molecule has 1 aromatic rings. The zero-order chi connectivity index (χ0) is 18.3. The van der Waals surface area contributed by atoms with Crippen molar-refractivity contribution in [3.63, 3.8) is 0 Å². The molecule has 7 nitrogen and oxygen atoms in total. The van der Waals surface area contributed by atoms with E-state index in [-0.39, 0.29) is 23.3 Å². The molecule has 1 aliphatic carbocycles. The molecule has 3 N–H and O–H groups in total. The number of amides is 1. The Morgan fingerprint density at radius 2 is 1.84 bits per heavy atom. The van der Waals surface area contributed by atoms with Crippen LogP contribution in [0.3, 0.4) is 0 Å². The van der Waals surface area contributed by atoms with E-state index in [0.717, 1.165) is 32.1 Å². The zero-order valence-corrected chi connectivity index (χ0v) is 14.8. The minimum Gasteiger partial charge on any atom is -0.481 e. The summed E-state index contributed by atoms with van der Waals surface area (Å²) in [5.41, 5.74) is 0.310. The van der Waals surface area contributed by atoms with Crippen LogP contribution in [-0.2, 0) is 14.8 Å². The Labute approximate surface area is 147 Å². The van der Waals surface area contributed by atoms with Crippen LogP contribution < -0.4 is 10.0 Å². The third-order valence-corrected chi connectivity index (χ3v) is 5.43. The average Bonchev–Trinajstić information content (AvgIpc) is 3.37. The van der Waals surface area contributed by atoms with Gasteiger partial charge in [-0.25, -0.2) is 13.1 Å². The van der Waals surface area contributed by atoms with Crippen LogP contribution in [0, 0.1) is 0 Å². The Balaban J connectivity index is 1.77. The highest BCUT2D eigenvalue weighted by molar-refractivity contribution is 7.89. The van der Waals surface area contributed by atoms with Crippen molar-refractivity contribution in [3.8, 4) is 0 Å². The van der Waals surface area contributed by atoms with Crippen LogP contribution >= 0.6 is 0 Å². The monoisotopic (exact) mass is 368 g/mol. The Morgan fingerprint density at radius 3 is 2.52 bits per heavy atom. The summed E-state index contributed by atoms with van der Waals surface area (Å²) < 4.78 is 27.0. The summed E-state index contributed by atoms with van der Waals surface area (Å²) in [7, 11) is -3.57. The average molecular weight is 368 g/mol. The first-order chi connectivity index (χ1) is 11.9. The lowest BCUT2D eigenvalue weighted by atomic mass is 10.1. The van der Waals surface area contributed by atoms with Crippen molar-refractivity contribution in [2.45, 2.75) is 55.9 Å². The van der Waals surface area contributed by atoms with Crippen molar-refractivity contribution in [2.24, 2.45) is 0 Å². The number of benzene rings is 1. The summed E-state index contributed by atoms with van der Waals surface area (Å²) in [6.45, 7) is 0.475. The Morgan fingerprint density at radius 1 is 1.12 bits per heavy atom. The van der Waals surface area contributed by atoms with Gasteiger partial charge in [0.15, 0.2) is 0 Å². The lowest BCUT2D eigenvalue weighted by molar-refractivity contribution is -0.137. The van der Waals surface area contributed by atoms with Crippen molar-refractivity contribution < 1.29 is 23.1 Å². The van der Waals surface area contributed by atoms with E-state index in [1.807, 2.05) is 0 Å². The maximum absolute atomic E-state index is 12.2. The molecule has 1 saturated carbocycles. The first kappa shape index (κ1) is 19.4. The molecule has 1 fully saturated rings. The maximum Gasteiger partial charge on any atom is 0.303 e. The fourth-order valence-corrected chi connectivity index (χ4v) is 3.70. The molecule has 0 heterocycles. The van der Waals surface area contributed by atoms with E-state index in [2.05, 4.69) is 10.0 Å². The van der Waals surface area contributed by atoms with Gasteiger partial charge in [0.1, 0.15) is 0 Å². The first-order valence-electron chi connectivity index (χ1n) is 8.51. The Hall–Kier alpha value is -1.93. The maximum atomic E-state index is 12.2. The van der Waals surface area contributed by atoms with Crippen molar-refractivity contribution in [3.05, 3.63) is 29.8 Å². The summed E-state index contributed by atoms with van der Waals surface area (Å²) >= 11 is 0. The van der Waals surface area contributed by atoms with E-state index in [9.17, 15) is 18.0 Å². The summed E-state index contributed by atoms with van der Waals surface area (Å²) in [6, 6.07) is 6.01. The van der Waals surface area contributed by atoms with Crippen LogP contribution in [-0.4, -0.2) is 38.0 Å². The number of rotatable bonds is 11. The normalized spacial score (nSPS) is 14.2. The van der Waals surface area contributed by atoms with Crippen LogP contribution in [0.25, 0.3) is 0 Å². The number of hydrogen-bond acceptors (Lipinski definition) is 4. The summed E-state index contributed by atoms with van der Waals surface area (Å²) in [5, 5.41) is 11.3. The predicted molar refractivity (Wildman–Crippen MR) is 92.8 cm³/mol. The van der Waals surface area contributed by atoms with Gasteiger partial charge in [-0.05, 0) is 43.9 Å². The van der Waals surface area contributed by atoms with Crippen LogP contribution in [0.2, 0.25) is 0 Å². The second kappa shape index (κ2) is 8.96. The van der Waals surface area contributed by atoms with Crippen molar-refractivity contribution in [1.29, 1.82) is 0 Å². The number of unbranched alkanes of at least 4 members (excludes halogenated alkanes) is 3. The predicted octanol–water partition coefficient (Wildman–Crippen LogP) is 1.89. The summed E-state index contributed by atoms with van der Waals surface area (Å²) in [5.74, 6) is -1.10. The third kappa shape index (κ3) is 6.83. The number of carbonyl (C=O) groups is 2. The van der Waals surface area contributed by atoms with Gasteiger partial charge in [-0.2, -0.15) is 0 Å². The molecular weight excluding hydrogens is 344 g/mol. The molecule has 25 heavy (non-hydrogen) atoms. The molecule has 138 valence electrons. The number of aliphatic carboxylic acids is 1. The minimum absolute atomic E-state index is 0.0172. The van der Waals surface area contributed by atoms with Gasteiger partial charge in [0.05, 0.1) is 4.90 Å². The van der Waals surface area contributed by atoms with Gasteiger partial charge < -0.3 is 10.4 Å². The molecule has 0 spiro atoms. The molecule has 0 aromatic heterocycles. The van der Waals surface area contributed by atoms with Gasteiger partial charge in [0.25, 0.3) is 5.91 Å². The first-order valence-corrected chi connectivity index (χ1v) is 9.99. The number of carboxylic acids is 1. The molecule has 0 aliphatic heterocycles. The molecule has 0 bridgehead atoms. The second-order valence-corrected chi connectivity index (χ2v) is 7.95. The largest absolute Gasteiger partial charge is 0.481 e. The quantitative estimate of drug-likeness (QED) is 0.516. The number of nitrogens with one attached hydrogen (secondary N) is 2. The van der Waals surface area contributed by atoms with Gasteiger partial charge in [-0.15, -0.1) is 0 Å². The highest BCUT2D eigenvalue weighted by Gasteiger charge is 2.28. The molecular formula is C17H24N2O5S.